The van der Waals surface area contributed by atoms with Crippen LogP contribution in [0.4, 0.5) is 4.39 Å². The summed E-state index contributed by atoms with van der Waals surface area (Å²) in [6.45, 7) is 5.51. The first-order chi connectivity index (χ1) is 9.29. The number of hydrogen-bond acceptors (Lipinski definition) is 2. The van der Waals surface area contributed by atoms with Crippen LogP contribution in [-0.4, -0.2) is 26.3 Å². The van der Waals surface area contributed by atoms with Crippen LogP contribution in [0.25, 0.3) is 0 Å². The van der Waals surface area contributed by atoms with Crippen LogP contribution in [0.5, 0.6) is 0 Å². The SMILES string of the molecule is CCNCC(COCC1CC1)Cc1ccccc1F. The largest absolute Gasteiger partial charge is 0.381 e. The van der Waals surface area contributed by atoms with Gasteiger partial charge < -0.3 is 10.1 Å². The van der Waals surface area contributed by atoms with Crippen molar-refractivity contribution in [3.63, 3.8) is 0 Å². The summed E-state index contributed by atoms with van der Waals surface area (Å²) in [5.74, 6) is 1.02. The monoisotopic (exact) mass is 265 g/mol. The van der Waals surface area contributed by atoms with E-state index in [0.29, 0.717) is 5.92 Å². The number of nitrogens with one attached hydrogen (secondary N) is 1. The quantitative estimate of drug-likeness (QED) is 0.741. The summed E-state index contributed by atoms with van der Waals surface area (Å²) in [5, 5.41) is 3.34. The molecule has 0 heterocycles. The number of ether oxygens (including phenoxy) is 1. The van der Waals surface area contributed by atoms with Gasteiger partial charge >= 0.3 is 0 Å². The van der Waals surface area contributed by atoms with Gasteiger partial charge in [0.15, 0.2) is 0 Å². The van der Waals surface area contributed by atoms with E-state index < -0.39 is 0 Å². The molecule has 1 atom stereocenters. The molecule has 0 aliphatic heterocycles. The summed E-state index contributed by atoms with van der Waals surface area (Å²) < 4.78 is 19.4. The molecule has 19 heavy (non-hydrogen) atoms. The second-order valence-electron chi connectivity index (χ2n) is 5.45. The number of halogens is 1. The molecule has 1 fully saturated rings. The van der Waals surface area contributed by atoms with E-state index in [4.69, 9.17) is 4.74 Å². The van der Waals surface area contributed by atoms with Gasteiger partial charge in [0.25, 0.3) is 0 Å². The van der Waals surface area contributed by atoms with E-state index >= 15 is 0 Å². The van der Waals surface area contributed by atoms with E-state index in [1.807, 2.05) is 12.1 Å². The molecule has 0 spiro atoms. The van der Waals surface area contributed by atoms with E-state index in [9.17, 15) is 4.39 Å². The Kier molecular flexibility index (Phi) is 5.80. The second kappa shape index (κ2) is 7.61. The molecule has 2 rings (SSSR count). The maximum Gasteiger partial charge on any atom is 0.126 e. The van der Waals surface area contributed by atoms with Crippen molar-refractivity contribution < 1.29 is 9.13 Å². The fraction of sp³-hybridized carbons (Fsp3) is 0.625. The minimum Gasteiger partial charge on any atom is -0.381 e. The molecule has 0 radical (unpaired) electrons. The van der Waals surface area contributed by atoms with Gasteiger partial charge in [0.2, 0.25) is 0 Å². The van der Waals surface area contributed by atoms with Crippen molar-refractivity contribution in [3.05, 3.63) is 35.6 Å². The van der Waals surface area contributed by atoms with E-state index in [1.165, 1.54) is 18.9 Å². The highest BCUT2D eigenvalue weighted by atomic mass is 19.1. The lowest BCUT2D eigenvalue weighted by atomic mass is 9.99. The van der Waals surface area contributed by atoms with Crippen molar-refractivity contribution in [1.82, 2.24) is 5.32 Å². The molecule has 1 aromatic carbocycles. The molecule has 1 aliphatic rings. The summed E-state index contributed by atoms with van der Waals surface area (Å²) >= 11 is 0. The molecule has 1 unspecified atom stereocenters. The summed E-state index contributed by atoms with van der Waals surface area (Å²) in [4.78, 5) is 0. The maximum absolute atomic E-state index is 13.7. The molecule has 0 bridgehead atoms. The standard InChI is InChI=1S/C16H24FNO/c1-2-18-10-14(12-19-11-13-7-8-13)9-15-5-3-4-6-16(15)17/h3-6,13-14,18H,2,7-12H2,1H3. The van der Waals surface area contributed by atoms with Gasteiger partial charge in [-0.15, -0.1) is 0 Å². The van der Waals surface area contributed by atoms with Gasteiger partial charge in [-0.3, -0.25) is 0 Å². The molecule has 0 amide bonds. The molecule has 1 saturated carbocycles. The molecule has 3 heteroatoms. The van der Waals surface area contributed by atoms with Crippen LogP contribution in [0.3, 0.4) is 0 Å². The Morgan fingerprint density at radius 3 is 2.84 bits per heavy atom. The van der Waals surface area contributed by atoms with E-state index in [0.717, 1.165) is 44.2 Å². The molecule has 0 aromatic heterocycles. The highest BCUT2D eigenvalue weighted by Crippen LogP contribution is 2.29. The highest BCUT2D eigenvalue weighted by Gasteiger charge is 2.22. The van der Waals surface area contributed by atoms with Crippen LogP contribution in [-0.2, 0) is 11.2 Å². The first-order valence-corrected chi connectivity index (χ1v) is 7.31. The van der Waals surface area contributed by atoms with E-state index in [2.05, 4.69) is 12.2 Å². The van der Waals surface area contributed by atoms with Crippen LogP contribution in [0.1, 0.15) is 25.3 Å². The van der Waals surface area contributed by atoms with Crippen LogP contribution >= 0.6 is 0 Å². The fourth-order valence-electron chi connectivity index (χ4n) is 2.20. The fourth-order valence-corrected chi connectivity index (χ4v) is 2.20. The third kappa shape index (κ3) is 5.29. The van der Waals surface area contributed by atoms with Gasteiger partial charge in [0.1, 0.15) is 5.82 Å². The lowest BCUT2D eigenvalue weighted by Gasteiger charge is -2.18. The van der Waals surface area contributed by atoms with Gasteiger partial charge in [0.05, 0.1) is 6.61 Å². The minimum absolute atomic E-state index is 0.105. The molecular weight excluding hydrogens is 241 g/mol. The lowest BCUT2D eigenvalue weighted by molar-refractivity contribution is 0.0906. The average Bonchev–Trinajstić information content (AvgIpc) is 3.22. The number of rotatable bonds is 9. The van der Waals surface area contributed by atoms with Crippen molar-refractivity contribution in [2.45, 2.75) is 26.2 Å². The van der Waals surface area contributed by atoms with Crippen LogP contribution < -0.4 is 5.32 Å². The van der Waals surface area contributed by atoms with Gasteiger partial charge in [-0.25, -0.2) is 4.39 Å². The molecule has 1 N–H and O–H groups in total. The van der Waals surface area contributed by atoms with Gasteiger partial charge in [-0.2, -0.15) is 0 Å². The zero-order valence-electron chi connectivity index (χ0n) is 11.7. The number of hydrogen-bond donors (Lipinski definition) is 1. The van der Waals surface area contributed by atoms with Crippen molar-refractivity contribution >= 4 is 0 Å². The predicted octanol–water partition coefficient (Wildman–Crippen LogP) is 3.02. The Morgan fingerprint density at radius 1 is 1.37 bits per heavy atom. The average molecular weight is 265 g/mol. The smallest absolute Gasteiger partial charge is 0.126 e. The zero-order chi connectivity index (χ0) is 13.5. The van der Waals surface area contributed by atoms with E-state index in [1.54, 1.807) is 6.07 Å². The molecular formula is C16H24FNO. The lowest BCUT2D eigenvalue weighted by Crippen LogP contribution is -2.28. The Bertz CT molecular complexity index is 379. The van der Waals surface area contributed by atoms with Crippen LogP contribution in [0.2, 0.25) is 0 Å². The summed E-state index contributed by atoms with van der Waals surface area (Å²) in [6, 6.07) is 7.04. The van der Waals surface area contributed by atoms with Crippen LogP contribution in [0.15, 0.2) is 24.3 Å². The molecule has 1 aromatic rings. The van der Waals surface area contributed by atoms with Gasteiger partial charge in [0, 0.05) is 13.2 Å². The Hall–Kier alpha value is -0.930. The molecule has 0 saturated heterocycles. The summed E-state index contributed by atoms with van der Waals surface area (Å²) in [7, 11) is 0. The maximum atomic E-state index is 13.7. The normalized spacial score (nSPS) is 16.5. The molecule has 2 nitrogen and oxygen atoms in total. The van der Waals surface area contributed by atoms with Crippen molar-refractivity contribution in [2.24, 2.45) is 11.8 Å². The van der Waals surface area contributed by atoms with Crippen LogP contribution in [0, 0.1) is 17.7 Å². The van der Waals surface area contributed by atoms with E-state index in [-0.39, 0.29) is 5.82 Å². The summed E-state index contributed by atoms with van der Waals surface area (Å²) in [5.41, 5.74) is 0.792. The zero-order valence-corrected chi connectivity index (χ0v) is 11.7. The highest BCUT2D eigenvalue weighted by molar-refractivity contribution is 5.17. The molecule has 106 valence electrons. The van der Waals surface area contributed by atoms with Crippen molar-refractivity contribution in [1.29, 1.82) is 0 Å². The third-order valence-electron chi connectivity index (χ3n) is 3.55. The third-order valence-corrected chi connectivity index (χ3v) is 3.55. The first kappa shape index (κ1) is 14.5. The Balaban J connectivity index is 1.82. The minimum atomic E-state index is -0.105. The van der Waals surface area contributed by atoms with Crippen molar-refractivity contribution in [2.75, 3.05) is 26.3 Å². The Morgan fingerprint density at radius 2 is 2.16 bits per heavy atom. The topological polar surface area (TPSA) is 21.3 Å². The summed E-state index contributed by atoms with van der Waals surface area (Å²) in [6.07, 6.45) is 3.36. The van der Waals surface area contributed by atoms with Gasteiger partial charge in [-0.05, 0) is 49.3 Å². The second-order valence-corrected chi connectivity index (χ2v) is 5.45. The molecule has 1 aliphatic carbocycles. The van der Waals surface area contributed by atoms with Crippen molar-refractivity contribution in [3.8, 4) is 0 Å². The first-order valence-electron chi connectivity index (χ1n) is 7.31. The predicted molar refractivity (Wildman–Crippen MR) is 75.7 cm³/mol. The number of benzene rings is 1. The van der Waals surface area contributed by atoms with Gasteiger partial charge in [-0.1, -0.05) is 25.1 Å². The Labute approximate surface area is 115 Å².